The minimum Gasteiger partial charge on any atom is -0.497 e. The third kappa shape index (κ3) is 9.75. The van der Waals surface area contributed by atoms with Crippen molar-refractivity contribution < 1.29 is 55.2 Å². The Morgan fingerprint density at radius 2 is 1.02 bits per heavy atom. The van der Waals surface area contributed by atoms with Crippen LogP contribution in [0.5, 0.6) is 5.75 Å². The van der Waals surface area contributed by atoms with Gasteiger partial charge in [0.05, 0.1) is 38.2 Å². The fourth-order valence-corrected chi connectivity index (χ4v) is 6.09. The lowest BCUT2D eigenvalue weighted by molar-refractivity contribution is -0.142. The molecular weight excluding hydrogens is 750 g/mol. The van der Waals surface area contributed by atoms with Crippen molar-refractivity contribution in [3.8, 4) is 28.5 Å². The van der Waals surface area contributed by atoms with E-state index in [4.69, 9.17) is 19.3 Å². The molecule has 6 rings (SSSR count). The predicted octanol–water partition coefficient (Wildman–Crippen LogP) is 8.14. The van der Waals surface area contributed by atoms with Crippen LogP contribution in [0.4, 0.5) is 35.9 Å². The molecule has 1 N–H and O–H groups in total. The zero-order valence-corrected chi connectivity index (χ0v) is 32.0. The molecule has 0 saturated carbocycles. The zero-order valence-electron chi connectivity index (χ0n) is 32.0. The first-order valence-corrected chi connectivity index (χ1v) is 17.6. The van der Waals surface area contributed by atoms with Crippen molar-refractivity contribution in [1.82, 2.24) is 28.9 Å². The molecule has 2 aromatic heterocycles. The summed E-state index contributed by atoms with van der Waals surface area (Å²) in [5, 5.41) is 9.14. The first-order chi connectivity index (χ1) is 26.0. The number of nitrogens with zero attached hydrogens (tertiary/aromatic N) is 6. The molecular formula is C38H44F6N6O6. The number of hydrogen-bond acceptors (Lipinski definition) is 8. The highest BCUT2D eigenvalue weighted by Crippen LogP contribution is 2.38. The molecule has 12 nitrogen and oxygen atoms in total. The lowest BCUT2D eigenvalue weighted by Gasteiger charge is -2.31. The Bertz CT molecular complexity index is 1880. The van der Waals surface area contributed by atoms with Gasteiger partial charge in [-0.15, -0.1) is 0 Å². The second kappa shape index (κ2) is 15.7. The largest absolute Gasteiger partial charge is 0.497 e. The number of carbonyl (C=O) groups excluding carboxylic acids is 2. The van der Waals surface area contributed by atoms with Gasteiger partial charge in [-0.2, -0.15) is 26.3 Å². The predicted molar refractivity (Wildman–Crippen MR) is 191 cm³/mol. The third-order valence-corrected chi connectivity index (χ3v) is 8.60. The summed E-state index contributed by atoms with van der Waals surface area (Å²) in [5.74, 6) is 1.01. The van der Waals surface area contributed by atoms with E-state index in [1.54, 1.807) is 90.1 Å². The molecule has 304 valence electrons. The van der Waals surface area contributed by atoms with Crippen molar-refractivity contribution in [1.29, 1.82) is 0 Å². The molecule has 0 bridgehead atoms. The average molecular weight is 795 g/mol. The van der Waals surface area contributed by atoms with Crippen LogP contribution in [0.15, 0.2) is 48.5 Å². The number of aliphatic hydroxyl groups excluding tert-OH is 1. The second-order valence-electron chi connectivity index (χ2n) is 15.1. The van der Waals surface area contributed by atoms with Gasteiger partial charge in [-0.1, -0.05) is 24.3 Å². The fourth-order valence-electron chi connectivity index (χ4n) is 6.09. The fraction of sp³-hybridized carbons (Fsp3) is 0.474. The number of aliphatic hydroxyl groups is 1. The van der Waals surface area contributed by atoms with E-state index in [0.717, 1.165) is 0 Å². The van der Waals surface area contributed by atoms with Crippen LogP contribution in [-0.2, 0) is 54.6 Å². The molecule has 18 heteroatoms. The van der Waals surface area contributed by atoms with Gasteiger partial charge in [0, 0.05) is 37.3 Å². The van der Waals surface area contributed by atoms with Crippen LogP contribution in [0.2, 0.25) is 0 Å². The molecule has 0 saturated heterocycles. The molecule has 2 aromatic carbocycles. The van der Waals surface area contributed by atoms with Crippen LogP contribution >= 0.6 is 0 Å². The normalized spacial score (nSPS) is 14.7. The summed E-state index contributed by atoms with van der Waals surface area (Å²) >= 11 is 0. The van der Waals surface area contributed by atoms with Gasteiger partial charge in [0.2, 0.25) is 0 Å². The van der Waals surface area contributed by atoms with Crippen molar-refractivity contribution in [3.05, 3.63) is 76.9 Å². The number of carbonyl (C=O) groups is 2. The quantitative estimate of drug-likeness (QED) is 0.206. The molecule has 0 unspecified atom stereocenters. The summed E-state index contributed by atoms with van der Waals surface area (Å²) in [7, 11) is 1.51. The Hall–Kier alpha value is -5.26. The zero-order chi connectivity index (χ0) is 41.4. The maximum absolute atomic E-state index is 13.6. The van der Waals surface area contributed by atoms with Crippen LogP contribution in [0.3, 0.4) is 0 Å². The minimum atomic E-state index is -4.64. The van der Waals surface area contributed by atoms with Crippen LogP contribution in [-0.4, -0.2) is 77.6 Å². The SMILES string of the molecule is CC(C)(C)OC(=O)N1CCn2c(-c3ccc(CO)cc3)nc(C(F)(F)F)c2C1.COc1ccc(-c2nc(C(F)(F)F)c3n2CCN(C(=O)OC(C)(C)C)C3)cc1. The average Bonchev–Trinajstić information content (AvgIpc) is 3.70. The number of ether oxygens (including phenoxy) is 3. The van der Waals surface area contributed by atoms with Gasteiger partial charge in [-0.3, -0.25) is 0 Å². The molecule has 4 heterocycles. The number of methoxy groups -OCH3 is 1. The van der Waals surface area contributed by atoms with Crippen molar-refractivity contribution in [2.45, 2.75) is 97.9 Å². The highest BCUT2D eigenvalue weighted by atomic mass is 19.4. The lowest BCUT2D eigenvalue weighted by Crippen LogP contribution is -2.42. The number of fused-ring (bicyclic) bond motifs is 2. The van der Waals surface area contributed by atoms with Crippen LogP contribution in [0.25, 0.3) is 22.8 Å². The molecule has 0 atom stereocenters. The number of alkyl halides is 6. The molecule has 0 radical (unpaired) electrons. The van der Waals surface area contributed by atoms with Gasteiger partial charge in [-0.05, 0) is 71.4 Å². The monoisotopic (exact) mass is 794 g/mol. The van der Waals surface area contributed by atoms with Gasteiger partial charge in [0.25, 0.3) is 0 Å². The molecule has 4 aromatic rings. The number of halogens is 6. The number of aromatic nitrogens is 4. The van der Waals surface area contributed by atoms with E-state index in [-0.39, 0.29) is 68.9 Å². The van der Waals surface area contributed by atoms with Gasteiger partial charge >= 0.3 is 24.5 Å². The summed E-state index contributed by atoms with van der Waals surface area (Å²) in [6.07, 6.45) is -10.6. The van der Waals surface area contributed by atoms with Gasteiger partial charge in [0.15, 0.2) is 11.4 Å². The van der Waals surface area contributed by atoms with Crippen molar-refractivity contribution in [3.63, 3.8) is 0 Å². The Morgan fingerprint density at radius 3 is 1.34 bits per heavy atom. The molecule has 2 aliphatic rings. The smallest absolute Gasteiger partial charge is 0.435 e. The third-order valence-electron chi connectivity index (χ3n) is 8.60. The second-order valence-corrected chi connectivity index (χ2v) is 15.1. The van der Waals surface area contributed by atoms with Crippen molar-refractivity contribution >= 4 is 12.2 Å². The molecule has 2 aliphatic heterocycles. The van der Waals surface area contributed by atoms with E-state index in [9.17, 15) is 35.9 Å². The number of benzene rings is 2. The van der Waals surface area contributed by atoms with Crippen LogP contribution in [0, 0.1) is 0 Å². The summed E-state index contributed by atoms with van der Waals surface area (Å²) in [4.78, 5) is 34.9. The highest BCUT2D eigenvalue weighted by Gasteiger charge is 2.43. The van der Waals surface area contributed by atoms with Gasteiger partial charge in [0.1, 0.15) is 28.6 Å². The molecule has 0 aliphatic carbocycles. The Kier molecular flexibility index (Phi) is 11.7. The first kappa shape index (κ1) is 41.9. The maximum atomic E-state index is 13.6. The van der Waals surface area contributed by atoms with E-state index < -0.39 is 47.1 Å². The minimum absolute atomic E-state index is 0.0459. The Labute approximate surface area is 319 Å². The van der Waals surface area contributed by atoms with E-state index in [1.165, 1.54) is 26.0 Å². The lowest BCUT2D eigenvalue weighted by atomic mass is 10.1. The first-order valence-electron chi connectivity index (χ1n) is 17.6. The van der Waals surface area contributed by atoms with Crippen LogP contribution < -0.4 is 4.74 Å². The summed E-state index contributed by atoms with van der Waals surface area (Å²) in [6, 6.07) is 13.2. The van der Waals surface area contributed by atoms with Crippen molar-refractivity contribution in [2.75, 3.05) is 20.2 Å². The van der Waals surface area contributed by atoms with Gasteiger partial charge < -0.3 is 38.3 Å². The Balaban J connectivity index is 0.000000214. The van der Waals surface area contributed by atoms with Crippen LogP contribution in [0.1, 0.15) is 69.9 Å². The van der Waals surface area contributed by atoms with E-state index in [2.05, 4.69) is 9.97 Å². The number of amides is 2. The molecule has 56 heavy (non-hydrogen) atoms. The standard InChI is InChI=1S/2C19H22F3N3O3/c1-18(2,3)28-17(26)24-9-10-25-14(11-24)15(19(20,21)22)23-16(25)12-5-7-13(27-4)8-6-12;1-18(2,3)28-17(27)24-8-9-25-14(10-24)15(19(20,21)22)23-16(25)13-6-4-12(11-26)5-7-13/h5-8H,9-11H2,1-4H3;4-7,26H,8-11H2,1-3H3. The molecule has 0 fully saturated rings. The highest BCUT2D eigenvalue weighted by molar-refractivity contribution is 5.69. The summed E-state index contributed by atoms with van der Waals surface area (Å²) in [6.45, 7) is 10.5. The summed E-state index contributed by atoms with van der Waals surface area (Å²) in [5.41, 5.74) is -1.84. The topological polar surface area (TPSA) is 124 Å². The number of rotatable bonds is 4. The van der Waals surface area contributed by atoms with E-state index in [0.29, 0.717) is 22.4 Å². The maximum Gasteiger partial charge on any atom is 0.435 e. The van der Waals surface area contributed by atoms with Gasteiger partial charge in [-0.25, -0.2) is 19.6 Å². The Morgan fingerprint density at radius 1 is 0.643 bits per heavy atom. The van der Waals surface area contributed by atoms with E-state index in [1.807, 2.05) is 0 Å². The molecule has 0 spiro atoms. The van der Waals surface area contributed by atoms with Crippen molar-refractivity contribution in [2.24, 2.45) is 0 Å². The summed E-state index contributed by atoms with van der Waals surface area (Å²) < 4.78 is 100. The molecule has 2 amide bonds. The number of imidazole rings is 2. The number of hydrogen-bond donors (Lipinski definition) is 1. The van der Waals surface area contributed by atoms with E-state index >= 15 is 0 Å².